The first-order chi connectivity index (χ1) is 10.1. The number of hydrogen-bond acceptors (Lipinski definition) is 3. The van der Waals surface area contributed by atoms with Gasteiger partial charge in [0.25, 0.3) is 0 Å². The lowest BCUT2D eigenvalue weighted by Crippen LogP contribution is -2.54. The lowest BCUT2D eigenvalue weighted by atomic mass is 9.75. The molecule has 2 rings (SSSR count). The van der Waals surface area contributed by atoms with Crippen molar-refractivity contribution in [3.05, 3.63) is 0 Å². The third kappa shape index (κ3) is 3.57. The maximum atomic E-state index is 13.0. The highest BCUT2D eigenvalue weighted by Gasteiger charge is 2.42. The van der Waals surface area contributed by atoms with Crippen molar-refractivity contribution in [2.24, 2.45) is 11.3 Å². The highest BCUT2D eigenvalue weighted by atomic mass is 16.2. The summed E-state index contributed by atoms with van der Waals surface area (Å²) in [6, 6.07) is 0. The van der Waals surface area contributed by atoms with Crippen LogP contribution in [0, 0.1) is 11.3 Å². The summed E-state index contributed by atoms with van der Waals surface area (Å²) in [5.41, 5.74) is -0.202. The molecule has 1 unspecified atom stereocenters. The lowest BCUT2D eigenvalue weighted by Gasteiger charge is -2.42. The summed E-state index contributed by atoms with van der Waals surface area (Å²) in [5, 5.41) is 6.12. The minimum absolute atomic E-state index is 0.0747. The first kappa shape index (κ1) is 16.3. The van der Waals surface area contributed by atoms with Gasteiger partial charge in [-0.25, -0.2) is 0 Å². The Morgan fingerprint density at radius 3 is 2.57 bits per heavy atom. The molecule has 0 aromatic heterocycles. The Balaban J connectivity index is 1.97. The molecule has 5 nitrogen and oxygen atoms in total. The second-order valence-corrected chi connectivity index (χ2v) is 6.49. The van der Waals surface area contributed by atoms with Crippen molar-refractivity contribution >= 4 is 11.8 Å². The number of likely N-dealkylation sites (tertiary alicyclic amines) is 1. The van der Waals surface area contributed by atoms with Gasteiger partial charge in [0, 0.05) is 32.6 Å². The van der Waals surface area contributed by atoms with Crippen LogP contribution in [0.2, 0.25) is 0 Å². The van der Waals surface area contributed by atoms with Crippen LogP contribution < -0.4 is 10.6 Å². The largest absolute Gasteiger partial charge is 0.359 e. The Kier molecular flexibility index (Phi) is 5.62. The molecule has 0 aromatic rings. The zero-order chi connectivity index (χ0) is 15.3. The van der Waals surface area contributed by atoms with Crippen molar-refractivity contribution in [1.29, 1.82) is 0 Å². The maximum absolute atomic E-state index is 13.0. The molecule has 5 heteroatoms. The molecule has 0 aromatic carbocycles. The fourth-order valence-corrected chi connectivity index (χ4v) is 3.83. The van der Waals surface area contributed by atoms with E-state index in [0.29, 0.717) is 5.91 Å². The molecule has 2 N–H and O–H groups in total. The molecule has 2 heterocycles. The van der Waals surface area contributed by atoms with E-state index in [4.69, 9.17) is 0 Å². The summed E-state index contributed by atoms with van der Waals surface area (Å²) in [7, 11) is 1.68. The van der Waals surface area contributed by atoms with Crippen molar-refractivity contribution in [2.75, 3.05) is 33.2 Å². The van der Waals surface area contributed by atoms with E-state index in [1.165, 1.54) is 0 Å². The highest BCUT2D eigenvalue weighted by Crippen LogP contribution is 2.35. The summed E-state index contributed by atoms with van der Waals surface area (Å²) in [6.45, 7) is 5.44. The highest BCUT2D eigenvalue weighted by molar-refractivity contribution is 5.84. The molecule has 0 saturated carbocycles. The van der Waals surface area contributed by atoms with E-state index in [9.17, 15) is 9.59 Å². The molecule has 0 aliphatic carbocycles. The van der Waals surface area contributed by atoms with Gasteiger partial charge in [-0.1, -0.05) is 13.3 Å². The quantitative estimate of drug-likeness (QED) is 0.817. The van der Waals surface area contributed by atoms with Crippen molar-refractivity contribution < 1.29 is 9.59 Å². The fraction of sp³-hybridized carbons (Fsp3) is 0.875. The van der Waals surface area contributed by atoms with Gasteiger partial charge in [-0.05, 0) is 38.6 Å². The first-order valence-corrected chi connectivity index (χ1v) is 8.34. The number of nitrogens with one attached hydrogen (secondary N) is 2. The van der Waals surface area contributed by atoms with Gasteiger partial charge in [0.05, 0.1) is 5.41 Å². The van der Waals surface area contributed by atoms with Crippen molar-refractivity contribution in [2.45, 2.75) is 45.4 Å². The standard InChI is InChI=1S/C16H29N3O2/c1-3-7-16(8-4-9-18-12-16)15(21)19-10-5-13(6-11-19)14(20)17-2/h13,18H,3-12H2,1-2H3,(H,17,20). The van der Waals surface area contributed by atoms with Gasteiger partial charge in [0.1, 0.15) is 0 Å². The van der Waals surface area contributed by atoms with Gasteiger partial charge in [-0.15, -0.1) is 0 Å². The van der Waals surface area contributed by atoms with Gasteiger partial charge in [0.2, 0.25) is 11.8 Å². The third-order valence-electron chi connectivity index (χ3n) is 5.05. The summed E-state index contributed by atoms with van der Waals surface area (Å²) in [4.78, 5) is 26.7. The average molecular weight is 295 g/mol. The van der Waals surface area contributed by atoms with Crippen LogP contribution in [0.15, 0.2) is 0 Å². The molecule has 2 aliphatic rings. The monoisotopic (exact) mass is 295 g/mol. The van der Waals surface area contributed by atoms with E-state index in [1.807, 2.05) is 4.90 Å². The Hall–Kier alpha value is -1.10. The molecule has 0 bridgehead atoms. The van der Waals surface area contributed by atoms with Crippen LogP contribution in [0.3, 0.4) is 0 Å². The van der Waals surface area contributed by atoms with Crippen LogP contribution in [0.25, 0.3) is 0 Å². The van der Waals surface area contributed by atoms with Crippen LogP contribution in [0.5, 0.6) is 0 Å². The number of amides is 2. The Morgan fingerprint density at radius 2 is 2.05 bits per heavy atom. The van der Waals surface area contributed by atoms with Crippen LogP contribution in [-0.4, -0.2) is 49.9 Å². The molecule has 2 fully saturated rings. The van der Waals surface area contributed by atoms with Gasteiger partial charge >= 0.3 is 0 Å². The molecular weight excluding hydrogens is 266 g/mol. The van der Waals surface area contributed by atoms with Crippen LogP contribution in [-0.2, 0) is 9.59 Å². The predicted octanol–water partition coefficient (Wildman–Crippen LogP) is 1.14. The number of hydrogen-bond donors (Lipinski definition) is 2. The van der Waals surface area contributed by atoms with Crippen molar-refractivity contribution in [3.8, 4) is 0 Å². The van der Waals surface area contributed by atoms with Gasteiger partial charge in [-0.3, -0.25) is 9.59 Å². The van der Waals surface area contributed by atoms with Crippen molar-refractivity contribution in [1.82, 2.24) is 15.5 Å². The minimum Gasteiger partial charge on any atom is -0.359 e. The third-order valence-corrected chi connectivity index (χ3v) is 5.05. The number of nitrogens with zero attached hydrogens (tertiary/aromatic N) is 1. The van der Waals surface area contributed by atoms with Gasteiger partial charge in [-0.2, -0.15) is 0 Å². The van der Waals surface area contributed by atoms with Crippen LogP contribution in [0.1, 0.15) is 45.4 Å². The van der Waals surface area contributed by atoms with Gasteiger partial charge < -0.3 is 15.5 Å². The molecule has 2 aliphatic heterocycles. The van der Waals surface area contributed by atoms with E-state index >= 15 is 0 Å². The van der Waals surface area contributed by atoms with Gasteiger partial charge in [0.15, 0.2) is 0 Å². The molecule has 21 heavy (non-hydrogen) atoms. The summed E-state index contributed by atoms with van der Waals surface area (Å²) in [5.74, 6) is 0.502. The Labute approximate surface area is 127 Å². The second-order valence-electron chi connectivity index (χ2n) is 6.49. The maximum Gasteiger partial charge on any atom is 0.230 e. The van der Waals surface area contributed by atoms with E-state index in [1.54, 1.807) is 7.05 Å². The Morgan fingerprint density at radius 1 is 1.33 bits per heavy atom. The van der Waals surface area contributed by atoms with E-state index in [2.05, 4.69) is 17.6 Å². The Bertz CT molecular complexity index is 364. The molecule has 1 atom stereocenters. The number of rotatable bonds is 4. The zero-order valence-electron chi connectivity index (χ0n) is 13.4. The predicted molar refractivity (Wildman–Crippen MR) is 82.8 cm³/mol. The van der Waals surface area contributed by atoms with Crippen LogP contribution >= 0.6 is 0 Å². The summed E-state index contributed by atoms with van der Waals surface area (Å²) in [6.07, 6.45) is 5.68. The van der Waals surface area contributed by atoms with Crippen molar-refractivity contribution in [3.63, 3.8) is 0 Å². The SMILES string of the molecule is CCCC1(C(=O)N2CCC(C(=O)NC)CC2)CCCNC1. The first-order valence-electron chi connectivity index (χ1n) is 8.34. The normalized spacial score (nSPS) is 27.4. The molecule has 0 radical (unpaired) electrons. The molecule has 2 saturated heterocycles. The van der Waals surface area contributed by atoms with E-state index in [-0.39, 0.29) is 17.2 Å². The van der Waals surface area contributed by atoms with E-state index < -0.39 is 0 Å². The zero-order valence-corrected chi connectivity index (χ0v) is 13.4. The minimum atomic E-state index is -0.202. The smallest absolute Gasteiger partial charge is 0.230 e. The number of piperidine rings is 2. The molecule has 120 valence electrons. The molecule has 2 amide bonds. The summed E-state index contributed by atoms with van der Waals surface area (Å²) < 4.78 is 0. The fourth-order valence-electron chi connectivity index (χ4n) is 3.83. The van der Waals surface area contributed by atoms with E-state index in [0.717, 1.165) is 64.7 Å². The second kappa shape index (κ2) is 7.25. The average Bonchev–Trinajstić information content (AvgIpc) is 2.54. The molecular formula is C16H29N3O2. The van der Waals surface area contributed by atoms with Crippen LogP contribution in [0.4, 0.5) is 0 Å². The summed E-state index contributed by atoms with van der Waals surface area (Å²) >= 11 is 0. The lowest BCUT2D eigenvalue weighted by molar-refractivity contribution is -0.146. The number of carbonyl (C=O) groups excluding carboxylic acids is 2. The number of carbonyl (C=O) groups is 2. The molecule has 0 spiro atoms. The topological polar surface area (TPSA) is 61.4 Å².